The number of hydrogen-bond donors (Lipinski definition) is 1. The number of nitrogens with zero attached hydrogens (tertiary/aromatic N) is 4. The van der Waals surface area contributed by atoms with Crippen molar-refractivity contribution in [2.75, 3.05) is 5.73 Å². The molecule has 1 saturated carbocycles. The number of nitrogens with two attached hydrogens (primary N) is 1. The zero-order valence-corrected chi connectivity index (χ0v) is 7.14. The Hall–Kier alpha value is -1.13. The molecule has 66 valence electrons. The third-order valence-electron chi connectivity index (χ3n) is 2.65. The normalized spacial score (nSPS) is 29.4. The summed E-state index contributed by atoms with van der Waals surface area (Å²) in [6.07, 6.45) is 3.66. The molecule has 5 nitrogen and oxygen atoms in total. The zero-order chi connectivity index (χ0) is 8.55. The third-order valence-corrected chi connectivity index (χ3v) is 2.65. The van der Waals surface area contributed by atoms with E-state index < -0.39 is 0 Å². The van der Waals surface area contributed by atoms with Crippen LogP contribution in [0.2, 0.25) is 0 Å². The maximum Gasteiger partial charge on any atom is 0.240 e. The Balaban J connectivity index is 2.24. The van der Waals surface area contributed by atoms with Gasteiger partial charge in [-0.3, -0.25) is 0 Å². The number of aromatic nitrogens is 4. The third kappa shape index (κ3) is 1.05. The van der Waals surface area contributed by atoms with Crippen LogP contribution in [0.15, 0.2) is 0 Å². The molecule has 5 heteroatoms. The Bertz CT molecular complexity index is 269. The molecule has 12 heavy (non-hydrogen) atoms. The van der Waals surface area contributed by atoms with Crippen molar-refractivity contribution in [1.29, 1.82) is 0 Å². The molecule has 1 fully saturated rings. The van der Waals surface area contributed by atoms with Crippen molar-refractivity contribution >= 4 is 5.95 Å². The van der Waals surface area contributed by atoms with E-state index in [0.717, 1.165) is 6.42 Å². The lowest BCUT2D eigenvalue weighted by Gasteiger charge is -2.14. The van der Waals surface area contributed by atoms with Gasteiger partial charge in [0.25, 0.3) is 0 Å². The molecule has 2 rings (SSSR count). The highest BCUT2D eigenvalue weighted by atomic mass is 15.6. The largest absolute Gasteiger partial charge is 0.367 e. The molecule has 0 bridgehead atoms. The van der Waals surface area contributed by atoms with Crippen molar-refractivity contribution in [1.82, 2.24) is 20.2 Å². The van der Waals surface area contributed by atoms with Gasteiger partial charge in [-0.1, -0.05) is 18.4 Å². The van der Waals surface area contributed by atoms with Crippen LogP contribution in [0.25, 0.3) is 0 Å². The summed E-state index contributed by atoms with van der Waals surface area (Å²) in [6.45, 7) is 2.22. The van der Waals surface area contributed by atoms with Gasteiger partial charge in [0, 0.05) is 0 Å². The van der Waals surface area contributed by atoms with E-state index in [4.69, 9.17) is 5.73 Å². The minimum absolute atomic E-state index is 0.417. The highest BCUT2D eigenvalue weighted by Gasteiger charge is 2.27. The first-order chi connectivity index (χ1) is 5.79. The highest BCUT2D eigenvalue weighted by Crippen LogP contribution is 2.35. The molecule has 1 aromatic heterocycles. The summed E-state index contributed by atoms with van der Waals surface area (Å²) >= 11 is 0. The molecule has 1 aromatic rings. The van der Waals surface area contributed by atoms with E-state index >= 15 is 0 Å². The molecule has 2 unspecified atom stereocenters. The molecule has 1 aliphatic carbocycles. The first-order valence-electron chi connectivity index (χ1n) is 4.32. The summed E-state index contributed by atoms with van der Waals surface area (Å²) in [5.74, 6) is 1.09. The van der Waals surface area contributed by atoms with Crippen LogP contribution in [0.5, 0.6) is 0 Å². The predicted molar refractivity (Wildman–Crippen MR) is 44.3 cm³/mol. The molecular formula is C7H13N5. The second-order valence-electron chi connectivity index (χ2n) is 3.46. The van der Waals surface area contributed by atoms with Crippen LogP contribution < -0.4 is 5.73 Å². The van der Waals surface area contributed by atoms with Gasteiger partial charge in [-0.05, 0) is 29.2 Å². The average molecular weight is 167 g/mol. The van der Waals surface area contributed by atoms with Gasteiger partial charge in [-0.15, -0.1) is 0 Å². The lowest BCUT2D eigenvalue weighted by atomic mass is 10.1. The number of rotatable bonds is 1. The van der Waals surface area contributed by atoms with Crippen LogP contribution in [0.3, 0.4) is 0 Å². The topological polar surface area (TPSA) is 69.6 Å². The second kappa shape index (κ2) is 2.73. The van der Waals surface area contributed by atoms with Crippen LogP contribution in [-0.4, -0.2) is 20.2 Å². The van der Waals surface area contributed by atoms with Crippen LogP contribution in [0.4, 0.5) is 5.95 Å². The van der Waals surface area contributed by atoms with E-state index in [1.165, 1.54) is 12.8 Å². The van der Waals surface area contributed by atoms with Crippen molar-refractivity contribution in [3.8, 4) is 0 Å². The maximum absolute atomic E-state index is 5.61. The molecule has 0 spiro atoms. The monoisotopic (exact) mass is 167 g/mol. The van der Waals surface area contributed by atoms with Gasteiger partial charge in [0.15, 0.2) is 0 Å². The summed E-state index contributed by atoms with van der Waals surface area (Å²) < 4.78 is 1.75. The molecule has 0 aromatic carbocycles. The van der Waals surface area contributed by atoms with Crippen molar-refractivity contribution < 1.29 is 0 Å². The Morgan fingerprint density at radius 2 is 2.33 bits per heavy atom. The molecule has 0 amide bonds. The van der Waals surface area contributed by atoms with Gasteiger partial charge in [0.1, 0.15) is 0 Å². The summed E-state index contributed by atoms with van der Waals surface area (Å²) in [7, 11) is 0. The van der Waals surface area contributed by atoms with Crippen molar-refractivity contribution in [3.63, 3.8) is 0 Å². The fourth-order valence-corrected chi connectivity index (χ4v) is 1.93. The smallest absolute Gasteiger partial charge is 0.240 e. The summed E-state index contributed by atoms with van der Waals surface area (Å²) in [6, 6.07) is 0.417. The van der Waals surface area contributed by atoms with Gasteiger partial charge in [-0.2, -0.15) is 0 Å². The lowest BCUT2D eigenvalue weighted by Crippen LogP contribution is -2.15. The highest BCUT2D eigenvalue weighted by molar-refractivity contribution is 5.12. The van der Waals surface area contributed by atoms with Gasteiger partial charge in [-0.25, -0.2) is 4.68 Å². The van der Waals surface area contributed by atoms with Crippen LogP contribution >= 0.6 is 0 Å². The Morgan fingerprint density at radius 1 is 1.50 bits per heavy atom. The SMILES string of the molecule is CC1CCCC1n1nnnc1N. The molecule has 2 atom stereocenters. The Labute approximate surface area is 70.9 Å². The van der Waals surface area contributed by atoms with E-state index in [-0.39, 0.29) is 0 Å². The zero-order valence-electron chi connectivity index (χ0n) is 7.14. The first-order valence-corrected chi connectivity index (χ1v) is 4.32. The fourth-order valence-electron chi connectivity index (χ4n) is 1.93. The second-order valence-corrected chi connectivity index (χ2v) is 3.46. The van der Waals surface area contributed by atoms with Crippen LogP contribution in [-0.2, 0) is 0 Å². The lowest BCUT2D eigenvalue weighted by molar-refractivity contribution is 0.371. The standard InChI is InChI=1S/C7H13N5/c1-5-3-2-4-6(5)12-7(8)9-10-11-12/h5-6H,2-4H2,1H3,(H2,8,9,11). The van der Waals surface area contributed by atoms with Gasteiger partial charge in [0.2, 0.25) is 5.95 Å². The summed E-state index contributed by atoms with van der Waals surface area (Å²) in [5, 5.41) is 11.1. The molecule has 1 aliphatic rings. The van der Waals surface area contributed by atoms with Crippen molar-refractivity contribution in [3.05, 3.63) is 0 Å². The van der Waals surface area contributed by atoms with Gasteiger partial charge >= 0.3 is 0 Å². The van der Waals surface area contributed by atoms with Crippen molar-refractivity contribution in [2.24, 2.45) is 5.92 Å². The number of nitrogen functional groups attached to an aromatic ring is 1. The van der Waals surface area contributed by atoms with Gasteiger partial charge in [0.05, 0.1) is 6.04 Å². The van der Waals surface area contributed by atoms with Gasteiger partial charge < -0.3 is 5.73 Å². The van der Waals surface area contributed by atoms with Crippen LogP contribution in [0.1, 0.15) is 32.2 Å². The number of anilines is 1. The predicted octanol–water partition coefficient (Wildman–Crippen LogP) is 0.616. The van der Waals surface area contributed by atoms with E-state index in [2.05, 4.69) is 22.4 Å². The minimum Gasteiger partial charge on any atom is -0.367 e. The molecule has 0 radical (unpaired) electrons. The van der Waals surface area contributed by atoms with E-state index in [1.54, 1.807) is 4.68 Å². The van der Waals surface area contributed by atoms with Crippen LogP contribution in [0, 0.1) is 5.92 Å². The number of hydrogen-bond acceptors (Lipinski definition) is 4. The van der Waals surface area contributed by atoms with E-state index in [0.29, 0.717) is 17.9 Å². The fraction of sp³-hybridized carbons (Fsp3) is 0.857. The molecule has 0 saturated heterocycles. The molecule has 1 heterocycles. The molecule has 2 N–H and O–H groups in total. The summed E-state index contributed by atoms with van der Waals surface area (Å²) in [5.41, 5.74) is 5.61. The van der Waals surface area contributed by atoms with E-state index in [1.807, 2.05) is 0 Å². The quantitative estimate of drug-likeness (QED) is 0.665. The molecule has 0 aliphatic heterocycles. The Kier molecular flexibility index (Phi) is 1.71. The van der Waals surface area contributed by atoms with Crippen molar-refractivity contribution in [2.45, 2.75) is 32.2 Å². The number of tetrazole rings is 1. The average Bonchev–Trinajstić information content (AvgIpc) is 2.59. The minimum atomic E-state index is 0.417. The van der Waals surface area contributed by atoms with E-state index in [9.17, 15) is 0 Å². The summed E-state index contributed by atoms with van der Waals surface area (Å²) in [4.78, 5) is 0. The molecular weight excluding hydrogens is 154 g/mol. The maximum atomic E-state index is 5.61. The Morgan fingerprint density at radius 3 is 2.83 bits per heavy atom. The first kappa shape index (κ1) is 7.52.